The third kappa shape index (κ3) is 6.55. The van der Waals surface area contributed by atoms with Gasteiger partial charge in [0, 0.05) is 30.2 Å². The van der Waals surface area contributed by atoms with Gasteiger partial charge in [-0.15, -0.1) is 11.3 Å². The molecule has 0 aliphatic heterocycles. The Morgan fingerprint density at radius 3 is 2.58 bits per heavy atom. The third-order valence-corrected chi connectivity index (χ3v) is 4.27. The van der Waals surface area contributed by atoms with E-state index >= 15 is 0 Å². The van der Waals surface area contributed by atoms with Gasteiger partial charge < -0.3 is 15.4 Å². The maximum atomic E-state index is 12.4. The summed E-state index contributed by atoms with van der Waals surface area (Å²) in [7, 11) is 1.62. The molecule has 5 nitrogen and oxygen atoms in total. The number of guanidine groups is 1. The van der Waals surface area contributed by atoms with Gasteiger partial charge >= 0.3 is 6.18 Å². The van der Waals surface area contributed by atoms with Crippen LogP contribution in [-0.2, 0) is 13.1 Å². The quantitative estimate of drug-likeness (QED) is 0.589. The lowest BCUT2D eigenvalue weighted by Crippen LogP contribution is -2.36. The lowest BCUT2D eigenvalue weighted by Gasteiger charge is -2.16. The molecule has 1 aromatic heterocycles. The summed E-state index contributed by atoms with van der Waals surface area (Å²) in [6.45, 7) is 3.26. The Morgan fingerprint density at radius 2 is 1.96 bits per heavy atom. The van der Waals surface area contributed by atoms with Crippen LogP contribution in [0.1, 0.15) is 21.0 Å². The summed E-state index contributed by atoms with van der Waals surface area (Å²) in [5, 5.41) is 7.12. The Balaban J connectivity index is 1.96. The van der Waals surface area contributed by atoms with Gasteiger partial charge in [0.1, 0.15) is 10.8 Å². The minimum absolute atomic E-state index is 0.209. The topological polar surface area (TPSA) is 58.5 Å². The molecule has 2 rings (SSSR count). The third-order valence-electron chi connectivity index (χ3n) is 3.36. The molecule has 2 aromatic rings. The van der Waals surface area contributed by atoms with Crippen molar-refractivity contribution in [3.05, 3.63) is 45.4 Å². The zero-order chi connectivity index (χ0) is 19.2. The largest absolute Gasteiger partial charge is 0.484 e. The number of benzene rings is 1. The fraction of sp³-hybridized carbons (Fsp3) is 0.412. The van der Waals surface area contributed by atoms with Crippen molar-refractivity contribution >= 4 is 17.3 Å². The van der Waals surface area contributed by atoms with Crippen LogP contribution < -0.4 is 15.4 Å². The number of hydrogen-bond acceptors (Lipinski definition) is 4. The van der Waals surface area contributed by atoms with Gasteiger partial charge in [-0.25, -0.2) is 4.98 Å². The maximum Gasteiger partial charge on any atom is 0.422 e. The van der Waals surface area contributed by atoms with Gasteiger partial charge in [-0.05, 0) is 25.5 Å². The summed E-state index contributed by atoms with van der Waals surface area (Å²) in [5.74, 6) is 0.737. The summed E-state index contributed by atoms with van der Waals surface area (Å²) in [4.78, 5) is 9.49. The van der Waals surface area contributed by atoms with Crippen LogP contribution in [0.2, 0.25) is 0 Å². The van der Waals surface area contributed by atoms with E-state index in [0.29, 0.717) is 18.1 Å². The highest BCUT2D eigenvalue weighted by atomic mass is 32.1. The number of rotatable bonds is 6. The van der Waals surface area contributed by atoms with Crippen molar-refractivity contribution in [1.29, 1.82) is 0 Å². The molecule has 0 unspecified atom stereocenters. The molecule has 0 saturated carbocycles. The molecule has 0 aliphatic rings. The van der Waals surface area contributed by atoms with E-state index in [2.05, 4.69) is 20.6 Å². The minimum Gasteiger partial charge on any atom is -0.484 e. The number of aliphatic imine (C=N–C) groups is 1. The van der Waals surface area contributed by atoms with Crippen LogP contribution in [0, 0.1) is 13.8 Å². The van der Waals surface area contributed by atoms with E-state index in [1.54, 1.807) is 43.6 Å². The molecular formula is C17H21F3N4OS. The van der Waals surface area contributed by atoms with Crippen molar-refractivity contribution in [3.63, 3.8) is 0 Å². The minimum atomic E-state index is -4.38. The second-order valence-corrected chi connectivity index (χ2v) is 6.98. The predicted molar refractivity (Wildman–Crippen MR) is 96.6 cm³/mol. The van der Waals surface area contributed by atoms with Crippen LogP contribution in [0.15, 0.2) is 29.4 Å². The lowest BCUT2D eigenvalue weighted by atomic mass is 10.1. The van der Waals surface area contributed by atoms with E-state index in [1.807, 2.05) is 13.0 Å². The molecule has 1 heterocycles. The van der Waals surface area contributed by atoms with E-state index in [-0.39, 0.29) is 12.3 Å². The summed E-state index contributed by atoms with van der Waals surface area (Å²) in [6, 6.07) is 5.16. The first-order chi connectivity index (χ1) is 12.3. The highest BCUT2D eigenvalue weighted by Gasteiger charge is 2.28. The second-order valence-electron chi connectivity index (χ2n) is 5.66. The van der Waals surface area contributed by atoms with E-state index in [4.69, 9.17) is 4.74 Å². The molecule has 1 aromatic carbocycles. The standard InChI is InChI=1S/C17H21F3N4OS/c1-11-4-5-13(14(6-11)25-10-17(18,19)20)8-23-16(21-3)24-9-15-22-7-12(2)26-15/h4-7H,8-10H2,1-3H3,(H2,21,23,24). The average Bonchev–Trinajstić information content (AvgIpc) is 2.99. The summed E-state index contributed by atoms with van der Waals surface area (Å²) in [5.41, 5.74) is 1.44. The van der Waals surface area contributed by atoms with E-state index in [0.717, 1.165) is 15.4 Å². The number of alkyl halides is 3. The molecule has 0 saturated heterocycles. The molecule has 0 spiro atoms. The summed E-state index contributed by atoms with van der Waals surface area (Å²) >= 11 is 1.58. The number of hydrogen-bond donors (Lipinski definition) is 2. The van der Waals surface area contributed by atoms with Crippen molar-refractivity contribution in [1.82, 2.24) is 15.6 Å². The molecule has 0 amide bonds. The average molecular weight is 386 g/mol. The Kier molecular flexibility index (Phi) is 6.84. The first-order valence-electron chi connectivity index (χ1n) is 7.92. The normalized spacial score (nSPS) is 12.2. The molecule has 0 bridgehead atoms. The first kappa shape index (κ1) is 20.0. The van der Waals surface area contributed by atoms with Crippen LogP contribution >= 0.6 is 11.3 Å². The van der Waals surface area contributed by atoms with Crippen molar-refractivity contribution in [2.24, 2.45) is 4.99 Å². The summed E-state index contributed by atoms with van der Waals surface area (Å²) < 4.78 is 42.2. The monoisotopic (exact) mass is 386 g/mol. The van der Waals surface area contributed by atoms with Gasteiger partial charge in [0.2, 0.25) is 0 Å². The Morgan fingerprint density at radius 1 is 1.23 bits per heavy atom. The van der Waals surface area contributed by atoms with Crippen LogP contribution in [0.4, 0.5) is 13.2 Å². The first-order valence-corrected chi connectivity index (χ1v) is 8.73. The highest BCUT2D eigenvalue weighted by molar-refractivity contribution is 7.11. The van der Waals surface area contributed by atoms with E-state index < -0.39 is 12.8 Å². The Labute approximate surface area is 154 Å². The Hall–Kier alpha value is -2.29. The number of nitrogens with zero attached hydrogens (tertiary/aromatic N) is 2. The summed E-state index contributed by atoms with van der Waals surface area (Å²) in [6.07, 6.45) is -2.58. The van der Waals surface area contributed by atoms with Crippen molar-refractivity contribution in [2.75, 3.05) is 13.7 Å². The molecular weight excluding hydrogens is 365 g/mol. The van der Waals surface area contributed by atoms with Gasteiger partial charge in [-0.1, -0.05) is 12.1 Å². The van der Waals surface area contributed by atoms with Gasteiger partial charge in [0.25, 0.3) is 0 Å². The van der Waals surface area contributed by atoms with Crippen LogP contribution in [0.3, 0.4) is 0 Å². The molecule has 142 valence electrons. The fourth-order valence-corrected chi connectivity index (χ4v) is 2.87. The van der Waals surface area contributed by atoms with Gasteiger partial charge in [0.15, 0.2) is 12.6 Å². The Bertz CT molecular complexity index is 759. The number of aromatic nitrogens is 1. The SMILES string of the molecule is CN=C(NCc1ncc(C)s1)NCc1ccc(C)cc1OCC(F)(F)F. The van der Waals surface area contributed by atoms with Crippen molar-refractivity contribution in [3.8, 4) is 5.75 Å². The molecule has 26 heavy (non-hydrogen) atoms. The van der Waals surface area contributed by atoms with Crippen LogP contribution in [0.25, 0.3) is 0 Å². The molecule has 0 fully saturated rings. The zero-order valence-corrected chi connectivity index (χ0v) is 15.6. The van der Waals surface area contributed by atoms with E-state index in [1.165, 1.54) is 0 Å². The van der Waals surface area contributed by atoms with Gasteiger partial charge in [-0.3, -0.25) is 4.99 Å². The second kappa shape index (κ2) is 8.88. The van der Waals surface area contributed by atoms with Gasteiger partial charge in [-0.2, -0.15) is 13.2 Å². The van der Waals surface area contributed by atoms with Crippen molar-refractivity contribution < 1.29 is 17.9 Å². The zero-order valence-electron chi connectivity index (χ0n) is 14.8. The lowest BCUT2D eigenvalue weighted by molar-refractivity contribution is -0.153. The molecule has 0 aliphatic carbocycles. The van der Waals surface area contributed by atoms with Crippen molar-refractivity contribution in [2.45, 2.75) is 33.1 Å². The van der Waals surface area contributed by atoms with E-state index in [9.17, 15) is 13.2 Å². The number of thiazole rings is 1. The molecule has 9 heteroatoms. The molecule has 2 N–H and O–H groups in total. The highest BCUT2D eigenvalue weighted by Crippen LogP contribution is 2.23. The van der Waals surface area contributed by atoms with Crippen LogP contribution in [0.5, 0.6) is 5.75 Å². The predicted octanol–water partition coefficient (Wildman–Crippen LogP) is 3.57. The number of ether oxygens (including phenoxy) is 1. The maximum absolute atomic E-state index is 12.4. The number of aryl methyl sites for hydroxylation is 2. The van der Waals surface area contributed by atoms with Gasteiger partial charge in [0.05, 0.1) is 6.54 Å². The van der Waals surface area contributed by atoms with Crippen LogP contribution in [-0.4, -0.2) is 30.8 Å². The fourth-order valence-electron chi connectivity index (χ4n) is 2.14. The number of halogens is 3. The molecule has 0 radical (unpaired) electrons. The number of nitrogens with one attached hydrogen (secondary N) is 2. The smallest absolute Gasteiger partial charge is 0.422 e. The molecule has 0 atom stereocenters.